The van der Waals surface area contributed by atoms with Crippen LogP contribution in [0.2, 0.25) is 0 Å². The molecule has 2 aliphatic rings. The zero-order chi connectivity index (χ0) is 14.5. The number of esters is 1. The summed E-state index contributed by atoms with van der Waals surface area (Å²) >= 11 is 0. The predicted octanol–water partition coefficient (Wildman–Crippen LogP) is -1.60. The molecule has 2 fully saturated rings. The lowest BCUT2D eigenvalue weighted by Gasteiger charge is -2.28. The van der Waals surface area contributed by atoms with Gasteiger partial charge >= 0.3 is 12.0 Å². The fraction of sp³-hybridized carbons (Fsp3) is 0.769. The summed E-state index contributed by atoms with van der Waals surface area (Å²) in [6, 6.07) is -0.312. The smallest absolute Gasteiger partial charge is 0.324 e. The molecule has 7 heteroatoms. The van der Waals surface area contributed by atoms with Crippen molar-refractivity contribution >= 4 is 17.9 Å². The van der Waals surface area contributed by atoms with E-state index >= 15 is 0 Å². The summed E-state index contributed by atoms with van der Waals surface area (Å²) in [4.78, 5) is 37.5. The van der Waals surface area contributed by atoms with Crippen molar-refractivity contribution in [2.24, 2.45) is 5.92 Å². The molecule has 0 radical (unpaired) electrons. The summed E-state index contributed by atoms with van der Waals surface area (Å²) in [5.41, 5.74) is 0. The van der Waals surface area contributed by atoms with E-state index in [9.17, 15) is 14.4 Å². The number of ether oxygens (including phenoxy) is 1. The molecular weight excluding hydrogens is 262 g/mol. The van der Waals surface area contributed by atoms with Gasteiger partial charge in [0.25, 0.3) is 5.91 Å². The van der Waals surface area contributed by atoms with E-state index in [-0.39, 0.29) is 30.4 Å². The summed E-state index contributed by atoms with van der Waals surface area (Å²) in [5, 5.41) is 2.61. The molecule has 7 nitrogen and oxygen atoms in total. The Labute approximate surface area is 118 Å². The molecule has 0 bridgehead atoms. The van der Waals surface area contributed by atoms with Crippen LogP contribution in [-0.4, -0.2) is 62.1 Å². The summed E-state index contributed by atoms with van der Waals surface area (Å²) < 4.78 is 5.04. The largest absolute Gasteiger partial charge is 0.466 e. The molecule has 1 unspecified atom stereocenters. The van der Waals surface area contributed by atoms with Gasteiger partial charge in [-0.2, -0.15) is 0 Å². The van der Waals surface area contributed by atoms with E-state index in [0.29, 0.717) is 26.2 Å². The minimum absolute atomic E-state index is 0.126. The second kappa shape index (κ2) is 6.69. The lowest BCUT2D eigenvalue weighted by molar-refractivity contribution is -0.899. The molecule has 2 atom stereocenters. The topological polar surface area (TPSA) is 80.2 Å². The lowest BCUT2D eigenvalue weighted by Crippen LogP contribution is -3.14. The van der Waals surface area contributed by atoms with Crippen LogP contribution in [0.25, 0.3) is 0 Å². The molecule has 0 aromatic rings. The molecule has 0 spiro atoms. The van der Waals surface area contributed by atoms with E-state index in [0.717, 1.165) is 24.3 Å². The van der Waals surface area contributed by atoms with Gasteiger partial charge in [0.05, 0.1) is 19.7 Å². The monoisotopic (exact) mass is 284 g/mol. The fourth-order valence-electron chi connectivity index (χ4n) is 2.79. The zero-order valence-corrected chi connectivity index (χ0v) is 11.8. The Bertz CT molecular complexity index is 399. The molecule has 0 aromatic carbocycles. The third kappa shape index (κ3) is 3.47. The lowest BCUT2D eigenvalue weighted by atomic mass is 9.98. The highest BCUT2D eigenvalue weighted by Gasteiger charge is 2.34. The average Bonchev–Trinajstić information content (AvgIpc) is 2.85. The summed E-state index contributed by atoms with van der Waals surface area (Å²) in [5.74, 6) is -0.463. The van der Waals surface area contributed by atoms with Crippen molar-refractivity contribution in [3.8, 4) is 0 Å². The number of imide groups is 1. The Kier molecular flexibility index (Phi) is 4.94. The van der Waals surface area contributed by atoms with Gasteiger partial charge in [-0.1, -0.05) is 0 Å². The normalized spacial score (nSPS) is 26.2. The number of amides is 3. The van der Waals surface area contributed by atoms with Crippen molar-refractivity contribution in [3.05, 3.63) is 0 Å². The van der Waals surface area contributed by atoms with Crippen LogP contribution in [0.3, 0.4) is 0 Å². The number of hydrogen-bond acceptors (Lipinski definition) is 4. The molecule has 2 rings (SSSR count). The number of nitrogens with zero attached hydrogens (tertiary/aromatic N) is 1. The Morgan fingerprint density at radius 1 is 1.50 bits per heavy atom. The quantitative estimate of drug-likeness (QED) is 0.609. The number of likely N-dealkylation sites (tertiary alicyclic amines) is 1. The van der Waals surface area contributed by atoms with Crippen molar-refractivity contribution in [3.63, 3.8) is 0 Å². The summed E-state index contributed by atoms with van der Waals surface area (Å²) in [6.07, 6.45) is 1.72. The zero-order valence-electron chi connectivity index (χ0n) is 11.8. The van der Waals surface area contributed by atoms with Gasteiger partial charge < -0.3 is 15.0 Å². The van der Waals surface area contributed by atoms with Gasteiger partial charge in [0, 0.05) is 13.1 Å². The van der Waals surface area contributed by atoms with Crippen LogP contribution in [0.5, 0.6) is 0 Å². The molecule has 3 amide bonds. The van der Waals surface area contributed by atoms with Crippen LogP contribution in [-0.2, 0) is 14.3 Å². The number of carbonyl (C=O) groups excluding carboxylic acids is 3. The first kappa shape index (κ1) is 14.8. The Balaban J connectivity index is 1.84. The number of rotatable bonds is 4. The molecule has 2 aliphatic heterocycles. The van der Waals surface area contributed by atoms with Gasteiger partial charge in [-0.25, -0.2) is 4.79 Å². The van der Waals surface area contributed by atoms with Crippen LogP contribution < -0.4 is 10.2 Å². The number of quaternary nitrogens is 1. The minimum atomic E-state index is -0.312. The SMILES string of the molecule is CCOC(=O)[C@@H]1CCC[NH+](CC(=O)N2CCNC2=O)C1. The van der Waals surface area contributed by atoms with Crippen LogP contribution >= 0.6 is 0 Å². The number of nitrogens with one attached hydrogen (secondary N) is 2. The summed E-state index contributed by atoms with van der Waals surface area (Å²) in [6.45, 7) is 4.87. The van der Waals surface area contributed by atoms with Gasteiger partial charge in [0.15, 0.2) is 6.54 Å². The fourth-order valence-corrected chi connectivity index (χ4v) is 2.79. The van der Waals surface area contributed by atoms with Gasteiger partial charge in [0.1, 0.15) is 5.92 Å². The van der Waals surface area contributed by atoms with Gasteiger partial charge in [-0.05, 0) is 19.8 Å². The predicted molar refractivity (Wildman–Crippen MR) is 70.0 cm³/mol. The van der Waals surface area contributed by atoms with Crippen LogP contribution in [0, 0.1) is 5.92 Å². The Morgan fingerprint density at radius 3 is 2.95 bits per heavy atom. The molecule has 0 saturated carbocycles. The minimum Gasteiger partial charge on any atom is -0.466 e. The average molecular weight is 284 g/mol. The van der Waals surface area contributed by atoms with Crippen molar-refractivity contribution in [2.75, 3.05) is 39.3 Å². The maximum absolute atomic E-state index is 12.1. The molecular formula is C13H22N3O4+. The molecule has 2 N–H and O–H groups in total. The highest BCUT2D eigenvalue weighted by Crippen LogP contribution is 2.09. The van der Waals surface area contributed by atoms with E-state index in [4.69, 9.17) is 4.74 Å². The third-order valence-electron chi connectivity index (χ3n) is 3.80. The van der Waals surface area contributed by atoms with E-state index in [1.807, 2.05) is 0 Å². The van der Waals surface area contributed by atoms with E-state index < -0.39 is 0 Å². The number of hydrogen-bond donors (Lipinski definition) is 2. The van der Waals surface area contributed by atoms with Crippen molar-refractivity contribution < 1.29 is 24.0 Å². The van der Waals surface area contributed by atoms with Gasteiger partial charge in [-0.15, -0.1) is 0 Å². The van der Waals surface area contributed by atoms with Crippen LogP contribution in [0.1, 0.15) is 19.8 Å². The number of urea groups is 1. The molecule has 112 valence electrons. The standard InChI is InChI=1S/C13H21N3O4/c1-2-20-12(18)10-4-3-6-15(8-10)9-11(17)16-7-5-14-13(16)19/h10H,2-9H2,1H3,(H,14,19)/p+1/t10-/m1/s1. The first-order valence-corrected chi connectivity index (χ1v) is 7.20. The third-order valence-corrected chi connectivity index (χ3v) is 3.80. The highest BCUT2D eigenvalue weighted by atomic mass is 16.5. The molecule has 2 heterocycles. The van der Waals surface area contributed by atoms with Crippen molar-refractivity contribution in [2.45, 2.75) is 19.8 Å². The first-order chi connectivity index (χ1) is 9.61. The summed E-state index contributed by atoms with van der Waals surface area (Å²) in [7, 11) is 0. The maximum atomic E-state index is 12.1. The number of carbonyl (C=O) groups is 3. The first-order valence-electron chi connectivity index (χ1n) is 7.20. The van der Waals surface area contributed by atoms with E-state index in [2.05, 4.69) is 5.32 Å². The second-order valence-electron chi connectivity index (χ2n) is 5.25. The van der Waals surface area contributed by atoms with Crippen molar-refractivity contribution in [1.82, 2.24) is 10.2 Å². The van der Waals surface area contributed by atoms with E-state index in [1.165, 1.54) is 4.90 Å². The molecule has 0 aliphatic carbocycles. The van der Waals surface area contributed by atoms with Crippen molar-refractivity contribution in [1.29, 1.82) is 0 Å². The van der Waals surface area contributed by atoms with Crippen LogP contribution in [0.15, 0.2) is 0 Å². The Hall–Kier alpha value is -1.63. The molecule has 2 saturated heterocycles. The Morgan fingerprint density at radius 2 is 2.30 bits per heavy atom. The number of piperidine rings is 1. The van der Waals surface area contributed by atoms with Gasteiger partial charge in [-0.3, -0.25) is 14.5 Å². The molecule has 20 heavy (non-hydrogen) atoms. The maximum Gasteiger partial charge on any atom is 0.324 e. The van der Waals surface area contributed by atoms with E-state index in [1.54, 1.807) is 6.92 Å². The van der Waals surface area contributed by atoms with Crippen LogP contribution in [0.4, 0.5) is 4.79 Å². The second-order valence-corrected chi connectivity index (χ2v) is 5.25. The molecule has 0 aromatic heterocycles. The highest BCUT2D eigenvalue weighted by molar-refractivity contribution is 5.96. The van der Waals surface area contributed by atoms with Gasteiger partial charge in [0.2, 0.25) is 0 Å².